The van der Waals surface area contributed by atoms with Crippen molar-refractivity contribution in [1.82, 2.24) is 19.8 Å². The highest BCUT2D eigenvalue weighted by atomic mass is 16.3. The largest absolute Gasteiger partial charge is 0.393 e. The lowest BCUT2D eigenvalue weighted by Crippen LogP contribution is -2.51. The van der Waals surface area contributed by atoms with Gasteiger partial charge in [0.05, 0.1) is 6.10 Å². The number of hydrogen-bond acceptors (Lipinski definition) is 5. The van der Waals surface area contributed by atoms with Gasteiger partial charge in [-0.15, -0.1) is 0 Å². The van der Waals surface area contributed by atoms with Gasteiger partial charge in [-0.2, -0.15) is 0 Å². The Morgan fingerprint density at radius 1 is 1.05 bits per heavy atom. The molecule has 8 atom stereocenters. The minimum Gasteiger partial charge on any atom is -0.393 e. The summed E-state index contributed by atoms with van der Waals surface area (Å²) in [6, 6.07) is 0. The lowest BCUT2D eigenvalue weighted by atomic mass is 9.47. The Balaban J connectivity index is 1.02. The topological polar surface area (TPSA) is 69.6 Å². The Kier molecular flexibility index (Phi) is 7.64. The van der Waals surface area contributed by atoms with Crippen LogP contribution < -0.4 is 0 Å². The summed E-state index contributed by atoms with van der Waals surface area (Å²) in [7, 11) is 0. The second kappa shape index (κ2) is 10.9. The summed E-state index contributed by atoms with van der Waals surface area (Å²) < 4.78 is 0. The van der Waals surface area contributed by atoms with Gasteiger partial charge in [-0.25, -0.2) is 9.97 Å². The second-order valence-corrected chi connectivity index (χ2v) is 14.3. The van der Waals surface area contributed by atoms with E-state index >= 15 is 0 Å². The van der Waals surface area contributed by atoms with E-state index in [4.69, 9.17) is 0 Å². The number of nitrogens with zero attached hydrogens (tertiary/aromatic N) is 4. The van der Waals surface area contributed by atoms with Crippen molar-refractivity contribution in [3.8, 4) is 0 Å². The molecule has 0 bridgehead atoms. The molecule has 1 N–H and O–H groups in total. The standard InChI is InChI=1S/C33H50N4O2/c1-23(4-9-31(39)37-16-14-36(15-17-37)21-24-19-34-22-35-20-24)28-7-8-29-27-6-5-25-18-26(38)10-12-32(25,2)30(27)11-13-33(28,29)3/h5,19-20,22-23,26-30,38H,4,6-18,21H2,1-3H3/t23?,26-,27-,28+,29-,30-,32-,33+/m0/s1. The van der Waals surface area contributed by atoms with Crippen LogP contribution in [0.2, 0.25) is 0 Å². The summed E-state index contributed by atoms with van der Waals surface area (Å²) in [5.74, 6) is 4.13. The van der Waals surface area contributed by atoms with E-state index in [1.54, 1.807) is 11.9 Å². The van der Waals surface area contributed by atoms with Crippen molar-refractivity contribution < 1.29 is 9.90 Å². The number of aromatic nitrogens is 2. The van der Waals surface area contributed by atoms with Crippen LogP contribution in [0, 0.1) is 40.4 Å². The van der Waals surface area contributed by atoms with E-state index in [1.165, 1.54) is 38.5 Å². The predicted molar refractivity (Wildman–Crippen MR) is 153 cm³/mol. The summed E-state index contributed by atoms with van der Waals surface area (Å²) in [4.78, 5) is 25.9. The van der Waals surface area contributed by atoms with Crippen LogP contribution in [0.25, 0.3) is 0 Å². The number of aliphatic hydroxyl groups is 1. The van der Waals surface area contributed by atoms with Gasteiger partial charge in [-0.1, -0.05) is 32.4 Å². The summed E-state index contributed by atoms with van der Waals surface area (Å²) in [5, 5.41) is 10.3. The molecule has 4 aliphatic carbocycles. The molecule has 0 spiro atoms. The maximum atomic E-state index is 13.2. The summed E-state index contributed by atoms with van der Waals surface area (Å²) in [6.07, 6.45) is 19.2. The molecule has 5 aliphatic rings. The van der Waals surface area contributed by atoms with Gasteiger partial charge in [0.15, 0.2) is 0 Å². The van der Waals surface area contributed by atoms with Gasteiger partial charge >= 0.3 is 0 Å². The van der Waals surface area contributed by atoms with E-state index in [1.807, 2.05) is 12.4 Å². The van der Waals surface area contributed by atoms with Crippen molar-refractivity contribution >= 4 is 5.91 Å². The van der Waals surface area contributed by atoms with Crippen molar-refractivity contribution in [2.75, 3.05) is 26.2 Å². The van der Waals surface area contributed by atoms with Crippen LogP contribution in [0.3, 0.4) is 0 Å². The fraction of sp³-hybridized carbons (Fsp3) is 0.788. The zero-order valence-corrected chi connectivity index (χ0v) is 24.5. The Hall–Kier alpha value is -1.79. The molecule has 214 valence electrons. The number of piperazine rings is 1. The lowest BCUT2D eigenvalue weighted by molar-refractivity contribution is -0.133. The molecule has 6 rings (SSSR count). The molecule has 0 aromatic carbocycles. The third-order valence-electron chi connectivity index (χ3n) is 12.4. The molecule has 3 saturated carbocycles. The van der Waals surface area contributed by atoms with Crippen molar-refractivity contribution in [1.29, 1.82) is 0 Å². The van der Waals surface area contributed by atoms with Crippen molar-refractivity contribution in [2.45, 2.75) is 97.6 Å². The van der Waals surface area contributed by atoms with Crippen LogP contribution in [0.4, 0.5) is 0 Å². The van der Waals surface area contributed by atoms with Crippen molar-refractivity contribution in [3.63, 3.8) is 0 Å². The monoisotopic (exact) mass is 534 g/mol. The zero-order chi connectivity index (χ0) is 27.2. The summed E-state index contributed by atoms with van der Waals surface area (Å²) in [6.45, 7) is 12.0. The summed E-state index contributed by atoms with van der Waals surface area (Å²) >= 11 is 0. The van der Waals surface area contributed by atoms with Crippen LogP contribution in [0.1, 0.15) is 90.5 Å². The van der Waals surface area contributed by atoms with Crippen LogP contribution in [-0.2, 0) is 11.3 Å². The van der Waals surface area contributed by atoms with Crippen LogP contribution >= 0.6 is 0 Å². The molecule has 2 heterocycles. The minimum atomic E-state index is -0.123. The Labute approximate surface area is 235 Å². The van der Waals surface area contributed by atoms with Gasteiger partial charge in [0.2, 0.25) is 5.91 Å². The number of aliphatic hydroxyl groups excluding tert-OH is 1. The number of fused-ring (bicyclic) bond motifs is 5. The molecule has 4 fully saturated rings. The van der Waals surface area contributed by atoms with Gasteiger partial charge < -0.3 is 10.0 Å². The zero-order valence-electron chi connectivity index (χ0n) is 24.5. The highest BCUT2D eigenvalue weighted by Gasteiger charge is 2.59. The maximum Gasteiger partial charge on any atom is 0.222 e. The number of hydrogen-bond donors (Lipinski definition) is 1. The fourth-order valence-corrected chi connectivity index (χ4v) is 10.2. The lowest BCUT2D eigenvalue weighted by Gasteiger charge is -2.58. The number of carbonyl (C=O) groups is 1. The van der Waals surface area contributed by atoms with Gasteiger partial charge in [0.25, 0.3) is 0 Å². The SMILES string of the molecule is CC(CCC(=O)N1CCN(Cc2cncnc2)CC1)[C@H]1CC[C@H]2[C@@H]3CC=C4C[C@@H](O)CC[C@]4(C)[C@H]3CC[C@]12C. The maximum absolute atomic E-state index is 13.2. The van der Waals surface area contributed by atoms with E-state index in [2.05, 4.69) is 46.6 Å². The number of carbonyl (C=O) groups excluding carboxylic acids is 1. The third-order valence-corrected chi connectivity index (χ3v) is 12.4. The number of rotatable bonds is 6. The van der Waals surface area contributed by atoms with Crippen LogP contribution in [0.15, 0.2) is 30.4 Å². The first-order chi connectivity index (χ1) is 18.8. The first-order valence-corrected chi connectivity index (χ1v) is 15.9. The van der Waals surface area contributed by atoms with E-state index in [-0.39, 0.29) is 6.10 Å². The molecule has 1 unspecified atom stereocenters. The summed E-state index contributed by atoms with van der Waals surface area (Å²) in [5.41, 5.74) is 3.45. The number of allylic oxidation sites excluding steroid dienone is 1. The highest BCUT2D eigenvalue weighted by molar-refractivity contribution is 5.76. The molecular formula is C33H50N4O2. The minimum absolute atomic E-state index is 0.123. The molecule has 1 saturated heterocycles. The van der Waals surface area contributed by atoms with Crippen LogP contribution in [-0.4, -0.2) is 63.1 Å². The molecule has 1 amide bonds. The molecule has 39 heavy (non-hydrogen) atoms. The first-order valence-electron chi connectivity index (χ1n) is 15.9. The van der Waals surface area contributed by atoms with Gasteiger partial charge in [0, 0.05) is 57.1 Å². The van der Waals surface area contributed by atoms with E-state index in [9.17, 15) is 9.90 Å². The predicted octanol–water partition coefficient (Wildman–Crippen LogP) is 5.48. The first kappa shape index (κ1) is 27.4. The molecule has 1 aromatic rings. The van der Waals surface area contributed by atoms with E-state index in [0.717, 1.165) is 81.2 Å². The fourth-order valence-electron chi connectivity index (χ4n) is 10.2. The van der Waals surface area contributed by atoms with Gasteiger partial charge in [0.1, 0.15) is 6.33 Å². The highest BCUT2D eigenvalue weighted by Crippen LogP contribution is 2.67. The Morgan fingerprint density at radius 3 is 2.59 bits per heavy atom. The van der Waals surface area contributed by atoms with Crippen LogP contribution in [0.5, 0.6) is 0 Å². The third kappa shape index (κ3) is 5.09. The molecular weight excluding hydrogens is 484 g/mol. The van der Waals surface area contributed by atoms with E-state index < -0.39 is 0 Å². The van der Waals surface area contributed by atoms with Crippen molar-refractivity contribution in [2.24, 2.45) is 40.4 Å². The Morgan fingerprint density at radius 2 is 1.82 bits per heavy atom. The molecule has 0 radical (unpaired) electrons. The number of amides is 1. The van der Waals surface area contributed by atoms with Crippen molar-refractivity contribution in [3.05, 3.63) is 35.9 Å². The van der Waals surface area contributed by atoms with E-state index in [0.29, 0.717) is 29.1 Å². The average Bonchev–Trinajstić information content (AvgIpc) is 3.30. The molecule has 1 aromatic heterocycles. The molecule has 1 aliphatic heterocycles. The van der Waals surface area contributed by atoms with Gasteiger partial charge in [-0.05, 0) is 98.2 Å². The Bertz CT molecular complexity index is 1050. The van der Waals surface area contributed by atoms with Gasteiger partial charge in [-0.3, -0.25) is 9.69 Å². The molecule has 6 nitrogen and oxygen atoms in total. The normalized spacial score (nSPS) is 39.3. The molecule has 6 heteroatoms. The quantitative estimate of drug-likeness (QED) is 0.490. The average molecular weight is 535 g/mol. The smallest absolute Gasteiger partial charge is 0.222 e. The second-order valence-electron chi connectivity index (χ2n) is 14.3.